The second-order valence-corrected chi connectivity index (χ2v) is 8.52. The smallest absolute Gasteiger partial charge is 0.326 e. The number of halogens is 1. The van der Waals surface area contributed by atoms with Crippen LogP contribution in [0.1, 0.15) is 33.2 Å². The lowest BCUT2D eigenvalue weighted by Gasteiger charge is -2.05. The van der Waals surface area contributed by atoms with E-state index >= 15 is 0 Å². The van der Waals surface area contributed by atoms with Crippen molar-refractivity contribution in [3.8, 4) is 0 Å². The van der Waals surface area contributed by atoms with Crippen molar-refractivity contribution in [3.63, 3.8) is 0 Å². The highest BCUT2D eigenvalue weighted by molar-refractivity contribution is 7.16. The number of rotatable bonds is 6. The third kappa shape index (κ3) is 5.10. The Bertz CT molecular complexity index is 1410. The van der Waals surface area contributed by atoms with Crippen molar-refractivity contribution in [2.45, 2.75) is 13.5 Å². The summed E-state index contributed by atoms with van der Waals surface area (Å²) in [5.41, 5.74) is 2.11. The van der Waals surface area contributed by atoms with Gasteiger partial charge < -0.3 is 9.30 Å². The van der Waals surface area contributed by atoms with Crippen molar-refractivity contribution >= 4 is 50.8 Å². The molecule has 3 aromatic carbocycles. The van der Waals surface area contributed by atoms with Crippen LogP contribution in [0.15, 0.2) is 77.8 Å². The van der Waals surface area contributed by atoms with Crippen LogP contribution in [-0.2, 0) is 16.1 Å². The van der Waals surface area contributed by atoms with Gasteiger partial charge in [-0.2, -0.15) is 4.99 Å². The molecule has 4 rings (SSSR count). The first-order valence-electron chi connectivity index (χ1n) is 10.2. The number of hydrogen-bond acceptors (Lipinski definition) is 5. The van der Waals surface area contributed by atoms with E-state index in [9.17, 15) is 14.4 Å². The highest BCUT2D eigenvalue weighted by Gasteiger charge is 2.14. The fraction of sp³-hybridized carbons (Fsp3) is 0.120. The van der Waals surface area contributed by atoms with Gasteiger partial charge in [-0.25, -0.2) is 0 Å². The molecule has 0 unspecified atom stereocenters. The van der Waals surface area contributed by atoms with Gasteiger partial charge in [0, 0.05) is 21.7 Å². The number of carbonyl (C=O) groups excluding carboxylic acids is 3. The van der Waals surface area contributed by atoms with Gasteiger partial charge in [0.15, 0.2) is 10.6 Å². The van der Waals surface area contributed by atoms with Gasteiger partial charge in [0.1, 0.15) is 6.54 Å². The van der Waals surface area contributed by atoms with E-state index in [2.05, 4.69) is 4.99 Å². The zero-order valence-electron chi connectivity index (χ0n) is 17.7. The predicted molar refractivity (Wildman–Crippen MR) is 128 cm³/mol. The molecule has 6 nitrogen and oxygen atoms in total. The lowest BCUT2D eigenvalue weighted by Crippen LogP contribution is -2.23. The highest BCUT2D eigenvalue weighted by atomic mass is 35.5. The molecule has 0 radical (unpaired) electrons. The Morgan fingerprint density at radius 2 is 1.61 bits per heavy atom. The van der Waals surface area contributed by atoms with Crippen molar-refractivity contribution in [2.75, 3.05) is 6.61 Å². The highest BCUT2D eigenvalue weighted by Crippen LogP contribution is 2.22. The van der Waals surface area contributed by atoms with Crippen molar-refractivity contribution in [1.29, 1.82) is 0 Å². The summed E-state index contributed by atoms with van der Waals surface area (Å²) in [6, 6.07) is 20.5. The molecule has 33 heavy (non-hydrogen) atoms. The fourth-order valence-electron chi connectivity index (χ4n) is 3.29. The Balaban J connectivity index is 1.67. The van der Waals surface area contributed by atoms with E-state index < -0.39 is 11.9 Å². The molecule has 0 spiro atoms. The molecule has 8 heteroatoms. The number of ether oxygens (including phenoxy) is 1. The molecule has 166 valence electrons. The summed E-state index contributed by atoms with van der Waals surface area (Å²) in [5.74, 6) is -1.03. The van der Waals surface area contributed by atoms with Crippen LogP contribution in [0.5, 0.6) is 0 Å². The van der Waals surface area contributed by atoms with E-state index in [4.69, 9.17) is 16.3 Å². The van der Waals surface area contributed by atoms with Crippen molar-refractivity contribution in [2.24, 2.45) is 4.99 Å². The molecular formula is C25H19ClN2O4S. The van der Waals surface area contributed by atoms with Crippen LogP contribution in [0, 0.1) is 0 Å². The first kappa shape index (κ1) is 22.6. The molecule has 0 aliphatic heterocycles. The van der Waals surface area contributed by atoms with E-state index in [0.29, 0.717) is 26.5 Å². The second-order valence-electron chi connectivity index (χ2n) is 7.08. The summed E-state index contributed by atoms with van der Waals surface area (Å²) in [4.78, 5) is 42.2. The van der Waals surface area contributed by atoms with Crippen LogP contribution in [0.25, 0.3) is 10.2 Å². The Labute approximate surface area is 198 Å². The molecule has 0 saturated heterocycles. The van der Waals surface area contributed by atoms with Crippen LogP contribution in [-0.4, -0.2) is 28.8 Å². The minimum absolute atomic E-state index is 0.0773. The summed E-state index contributed by atoms with van der Waals surface area (Å²) in [5, 5.41) is 0.545. The largest absolute Gasteiger partial charge is 0.465 e. The maximum absolute atomic E-state index is 12.9. The molecule has 4 aromatic rings. The number of carbonyl (C=O) groups is 3. The van der Waals surface area contributed by atoms with Crippen LogP contribution >= 0.6 is 22.9 Å². The number of nitrogens with zero attached hydrogens (tertiary/aromatic N) is 2. The molecule has 0 atom stereocenters. The van der Waals surface area contributed by atoms with Crippen LogP contribution < -0.4 is 4.80 Å². The fourth-order valence-corrected chi connectivity index (χ4v) is 4.60. The second kappa shape index (κ2) is 9.94. The van der Waals surface area contributed by atoms with E-state index in [1.807, 2.05) is 6.07 Å². The number of aromatic nitrogens is 1. The minimum atomic E-state index is -0.482. The van der Waals surface area contributed by atoms with Gasteiger partial charge in [0.05, 0.1) is 16.8 Å². The SMILES string of the molecule is CCOC(=O)Cn1c(=NC(=O)c2ccc(C(=O)c3ccccc3)cc2)sc2cc(Cl)ccc21. The number of thiazole rings is 1. The average Bonchev–Trinajstić information content (AvgIpc) is 3.15. The predicted octanol–water partition coefficient (Wildman–Crippen LogP) is 4.89. The van der Waals surface area contributed by atoms with Gasteiger partial charge in [-0.3, -0.25) is 14.4 Å². The number of fused-ring (bicyclic) bond motifs is 1. The van der Waals surface area contributed by atoms with Gasteiger partial charge in [-0.1, -0.05) is 65.4 Å². The van der Waals surface area contributed by atoms with E-state index in [1.54, 1.807) is 78.2 Å². The van der Waals surface area contributed by atoms with Crippen molar-refractivity contribution in [3.05, 3.63) is 99.3 Å². The normalized spacial score (nSPS) is 11.5. The zero-order chi connectivity index (χ0) is 23.4. The third-order valence-electron chi connectivity index (χ3n) is 4.86. The van der Waals surface area contributed by atoms with E-state index in [0.717, 1.165) is 10.2 Å². The Kier molecular flexibility index (Phi) is 6.82. The lowest BCUT2D eigenvalue weighted by molar-refractivity contribution is -0.143. The third-order valence-corrected chi connectivity index (χ3v) is 6.14. The van der Waals surface area contributed by atoms with Crippen LogP contribution in [0.4, 0.5) is 0 Å². The van der Waals surface area contributed by atoms with E-state index in [-0.39, 0.29) is 18.9 Å². The van der Waals surface area contributed by atoms with Gasteiger partial charge in [-0.05, 0) is 37.3 Å². The topological polar surface area (TPSA) is 77.7 Å². The van der Waals surface area contributed by atoms with Crippen molar-refractivity contribution in [1.82, 2.24) is 4.57 Å². The van der Waals surface area contributed by atoms with Gasteiger partial charge in [0.25, 0.3) is 5.91 Å². The summed E-state index contributed by atoms with van der Waals surface area (Å²) in [6.45, 7) is 1.91. The summed E-state index contributed by atoms with van der Waals surface area (Å²) >= 11 is 7.36. The number of hydrogen-bond donors (Lipinski definition) is 0. The van der Waals surface area contributed by atoms with Crippen LogP contribution in [0.3, 0.4) is 0 Å². The molecule has 1 amide bonds. The summed E-state index contributed by atoms with van der Waals surface area (Å²) in [6.07, 6.45) is 0. The summed E-state index contributed by atoms with van der Waals surface area (Å²) < 4.78 is 7.50. The number of amides is 1. The standard InChI is InChI=1S/C25H19ClN2O4S/c1-2-32-22(29)15-28-20-13-12-19(26)14-21(20)33-25(28)27-24(31)18-10-8-17(9-11-18)23(30)16-6-4-3-5-7-16/h3-14H,2,15H2,1H3. The van der Waals surface area contributed by atoms with Gasteiger partial charge in [-0.15, -0.1) is 0 Å². The first-order chi connectivity index (χ1) is 16.0. The lowest BCUT2D eigenvalue weighted by atomic mass is 10.0. The molecular weight excluding hydrogens is 460 g/mol. The number of ketones is 1. The Hall–Kier alpha value is -3.55. The van der Waals surface area contributed by atoms with Gasteiger partial charge in [0.2, 0.25) is 0 Å². The molecule has 0 aliphatic rings. The molecule has 0 fully saturated rings. The quantitative estimate of drug-likeness (QED) is 0.292. The molecule has 1 heterocycles. The number of benzene rings is 3. The molecule has 0 aliphatic carbocycles. The molecule has 0 bridgehead atoms. The van der Waals surface area contributed by atoms with Crippen LogP contribution in [0.2, 0.25) is 5.02 Å². The monoisotopic (exact) mass is 478 g/mol. The zero-order valence-corrected chi connectivity index (χ0v) is 19.2. The minimum Gasteiger partial charge on any atom is -0.465 e. The first-order valence-corrected chi connectivity index (χ1v) is 11.4. The Morgan fingerprint density at radius 3 is 2.30 bits per heavy atom. The van der Waals surface area contributed by atoms with Crippen molar-refractivity contribution < 1.29 is 19.1 Å². The maximum Gasteiger partial charge on any atom is 0.326 e. The molecule has 0 N–H and O–H groups in total. The summed E-state index contributed by atoms with van der Waals surface area (Å²) in [7, 11) is 0. The molecule has 0 saturated carbocycles. The number of esters is 1. The average molecular weight is 479 g/mol. The molecule has 1 aromatic heterocycles. The van der Waals surface area contributed by atoms with Gasteiger partial charge >= 0.3 is 5.97 Å². The van der Waals surface area contributed by atoms with E-state index in [1.165, 1.54) is 11.3 Å². The maximum atomic E-state index is 12.9. The Morgan fingerprint density at radius 1 is 0.939 bits per heavy atom.